The van der Waals surface area contributed by atoms with Gasteiger partial charge >= 0.3 is 0 Å². The number of anilines is 1. The highest BCUT2D eigenvalue weighted by molar-refractivity contribution is 6.08. The van der Waals surface area contributed by atoms with Gasteiger partial charge in [0.1, 0.15) is 0 Å². The molecule has 3 rings (SSSR count). The van der Waals surface area contributed by atoms with Crippen LogP contribution in [0.4, 0.5) is 5.69 Å². The van der Waals surface area contributed by atoms with E-state index >= 15 is 0 Å². The van der Waals surface area contributed by atoms with E-state index < -0.39 is 0 Å². The summed E-state index contributed by atoms with van der Waals surface area (Å²) >= 11 is 0. The summed E-state index contributed by atoms with van der Waals surface area (Å²) in [5.41, 5.74) is 0.863. The Hall–Kier alpha value is -1.64. The third-order valence-electron chi connectivity index (χ3n) is 2.97. The monoisotopic (exact) mass is 200 g/mol. The zero-order valence-corrected chi connectivity index (χ0v) is 8.34. The molecule has 1 unspecified atom stereocenters. The van der Waals surface area contributed by atoms with Crippen molar-refractivity contribution in [2.24, 2.45) is 16.9 Å². The normalized spacial score (nSPS) is 24.9. The Labute approximate surface area is 88.4 Å². The van der Waals surface area contributed by atoms with Crippen molar-refractivity contribution in [2.75, 3.05) is 5.01 Å². The van der Waals surface area contributed by atoms with E-state index in [1.807, 2.05) is 30.3 Å². The first kappa shape index (κ1) is 8.65. The fourth-order valence-electron chi connectivity index (χ4n) is 1.94. The summed E-state index contributed by atoms with van der Waals surface area (Å²) in [6, 6.07) is 9.59. The van der Waals surface area contributed by atoms with Crippen molar-refractivity contribution in [3.8, 4) is 0 Å². The second-order valence-corrected chi connectivity index (χ2v) is 4.11. The van der Waals surface area contributed by atoms with E-state index in [4.69, 9.17) is 0 Å². The smallest absolute Gasteiger partial charge is 0.256 e. The van der Waals surface area contributed by atoms with Crippen molar-refractivity contribution in [3.63, 3.8) is 0 Å². The molecule has 0 saturated heterocycles. The van der Waals surface area contributed by atoms with Crippen molar-refractivity contribution in [3.05, 3.63) is 30.3 Å². The lowest BCUT2D eigenvalue weighted by Gasteiger charge is -2.13. The number of carbonyl (C=O) groups excluding carboxylic acids is 1. The molecule has 1 saturated carbocycles. The van der Waals surface area contributed by atoms with Gasteiger partial charge in [0, 0.05) is 6.21 Å². The van der Waals surface area contributed by atoms with Gasteiger partial charge in [0.15, 0.2) is 0 Å². The van der Waals surface area contributed by atoms with E-state index in [0.29, 0.717) is 5.92 Å². The van der Waals surface area contributed by atoms with E-state index in [9.17, 15) is 4.79 Å². The molecule has 1 heterocycles. The lowest BCUT2D eigenvalue weighted by molar-refractivity contribution is -0.120. The number of hydrogen-bond donors (Lipinski definition) is 0. The molecule has 1 aliphatic carbocycles. The highest BCUT2D eigenvalue weighted by atomic mass is 16.2. The van der Waals surface area contributed by atoms with Gasteiger partial charge in [-0.25, -0.2) is 5.01 Å². The molecule has 1 aliphatic heterocycles. The van der Waals surface area contributed by atoms with Crippen molar-refractivity contribution in [2.45, 2.75) is 12.8 Å². The zero-order valence-electron chi connectivity index (χ0n) is 8.34. The van der Waals surface area contributed by atoms with Gasteiger partial charge in [-0.05, 0) is 30.9 Å². The molecule has 3 heteroatoms. The number of hydrogen-bond acceptors (Lipinski definition) is 2. The number of para-hydroxylation sites is 1. The van der Waals surface area contributed by atoms with Gasteiger partial charge in [-0.2, -0.15) is 5.10 Å². The number of nitrogens with zero attached hydrogens (tertiary/aromatic N) is 2. The van der Waals surface area contributed by atoms with Crippen molar-refractivity contribution >= 4 is 17.8 Å². The number of carbonyl (C=O) groups is 1. The molecule has 0 spiro atoms. The average Bonchev–Trinajstić information content (AvgIpc) is 3.04. The van der Waals surface area contributed by atoms with Gasteiger partial charge < -0.3 is 0 Å². The number of amides is 1. The van der Waals surface area contributed by atoms with Gasteiger partial charge in [0.2, 0.25) is 0 Å². The lowest BCUT2D eigenvalue weighted by Crippen LogP contribution is -2.26. The van der Waals surface area contributed by atoms with E-state index in [1.165, 1.54) is 17.9 Å². The van der Waals surface area contributed by atoms with E-state index in [1.54, 1.807) is 6.21 Å². The van der Waals surface area contributed by atoms with Crippen LogP contribution < -0.4 is 5.01 Å². The molecule has 3 nitrogen and oxygen atoms in total. The molecule has 1 amide bonds. The average molecular weight is 200 g/mol. The fourth-order valence-corrected chi connectivity index (χ4v) is 1.94. The third-order valence-corrected chi connectivity index (χ3v) is 2.97. The standard InChI is InChI=1S/C12H12N2O/c15-12-11(9-6-7-9)8-13-14(12)10-4-2-1-3-5-10/h1-5,8-9,11H,6-7H2. The zero-order chi connectivity index (χ0) is 10.3. The molecular weight excluding hydrogens is 188 g/mol. The van der Waals surface area contributed by atoms with Gasteiger partial charge in [-0.1, -0.05) is 18.2 Å². The van der Waals surface area contributed by atoms with Crippen LogP contribution in [0.3, 0.4) is 0 Å². The molecule has 0 bridgehead atoms. The molecule has 76 valence electrons. The molecular formula is C12H12N2O. The fraction of sp³-hybridized carbons (Fsp3) is 0.333. The predicted octanol–water partition coefficient (Wildman–Crippen LogP) is 2.05. The van der Waals surface area contributed by atoms with Gasteiger partial charge in [-0.15, -0.1) is 0 Å². The maximum Gasteiger partial charge on any atom is 0.256 e. The summed E-state index contributed by atoms with van der Waals surface area (Å²) in [4.78, 5) is 12.0. The summed E-state index contributed by atoms with van der Waals surface area (Å²) in [6.45, 7) is 0. The van der Waals surface area contributed by atoms with Crippen molar-refractivity contribution < 1.29 is 4.79 Å². The summed E-state index contributed by atoms with van der Waals surface area (Å²) in [5, 5.41) is 5.71. The molecule has 2 aliphatic rings. The minimum absolute atomic E-state index is 0.0326. The van der Waals surface area contributed by atoms with Crippen LogP contribution in [0.1, 0.15) is 12.8 Å². The van der Waals surface area contributed by atoms with Crippen LogP contribution in [-0.4, -0.2) is 12.1 Å². The molecule has 1 aromatic rings. The van der Waals surface area contributed by atoms with E-state index in [-0.39, 0.29) is 11.8 Å². The minimum Gasteiger partial charge on any atom is -0.272 e. The molecule has 1 atom stereocenters. The third kappa shape index (κ3) is 1.44. The Balaban J connectivity index is 1.85. The minimum atomic E-state index is 0.0326. The van der Waals surface area contributed by atoms with Crippen LogP contribution in [0, 0.1) is 11.8 Å². The first-order valence-corrected chi connectivity index (χ1v) is 5.29. The van der Waals surface area contributed by atoms with Crippen LogP contribution in [0.5, 0.6) is 0 Å². The largest absolute Gasteiger partial charge is 0.272 e. The molecule has 0 radical (unpaired) electrons. The Bertz CT molecular complexity index is 409. The Kier molecular flexibility index (Phi) is 1.84. The van der Waals surface area contributed by atoms with Gasteiger partial charge in [0.25, 0.3) is 5.91 Å². The van der Waals surface area contributed by atoms with Crippen LogP contribution in [0.15, 0.2) is 35.4 Å². The Morgan fingerprint density at radius 3 is 2.60 bits per heavy atom. The van der Waals surface area contributed by atoms with Crippen molar-refractivity contribution in [1.82, 2.24) is 0 Å². The van der Waals surface area contributed by atoms with Crippen LogP contribution in [0.25, 0.3) is 0 Å². The second-order valence-electron chi connectivity index (χ2n) is 4.11. The number of benzene rings is 1. The summed E-state index contributed by atoms with van der Waals surface area (Å²) in [7, 11) is 0. The highest BCUT2D eigenvalue weighted by Crippen LogP contribution is 2.39. The SMILES string of the molecule is O=C1C(C2CC2)C=NN1c1ccccc1. The molecule has 0 N–H and O–H groups in total. The molecule has 1 aromatic carbocycles. The molecule has 0 aromatic heterocycles. The topological polar surface area (TPSA) is 32.7 Å². The maximum absolute atomic E-state index is 12.0. The van der Waals surface area contributed by atoms with Gasteiger partial charge in [-0.3, -0.25) is 4.79 Å². The lowest BCUT2D eigenvalue weighted by atomic mass is 10.1. The summed E-state index contributed by atoms with van der Waals surface area (Å²) < 4.78 is 0. The van der Waals surface area contributed by atoms with E-state index in [0.717, 1.165) is 5.69 Å². The predicted molar refractivity (Wildman–Crippen MR) is 58.6 cm³/mol. The van der Waals surface area contributed by atoms with E-state index in [2.05, 4.69) is 5.10 Å². The summed E-state index contributed by atoms with van der Waals surface area (Å²) in [6.07, 6.45) is 4.14. The van der Waals surface area contributed by atoms with Crippen LogP contribution >= 0.6 is 0 Å². The molecule has 15 heavy (non-hydrogen) atoms. The van der Waals surface area contributed by atoms with Crippen molar-refractivity contribution in [1.29, 1.82) is 0 Å². The quantitative estimate of drug-likeness (QED) is 0.719. The highest BCUT2D eigenvalue weighted by Gasteiger charge is 2.40. The first-order valence-electron chi connectivity index (χ1n) is 5.29. The summed E-state index contributed by atoms with van der Waals surface area (Å²) in [5.74, 6) is 0.712. The first-order chi connectivity index (χ1) is 7.36. The Morgan fingerprint density at radius 2 is 1.93 bits per heavy atom. The van der Waals surface area contributed by atoms with Crippen LogP contribution in [-0.2, 0) is 4.79 Å². The number of rotatable bonds is 2. The maximum atomic E-state index is 12.0. The van der Waals surface area contributed by atoms with Gasteiger partial charge in [0.05, 0.1) is 11.6 Å². The van der Waals surface area contributed by atoms with Crippen LogP contribution in [0.2, 0.25) is 0 Å². The second kappa shape index (κ2) is 3.19. The molecule has 1 fully saturated rings. The number of hydrazone groups is 1. The Morgan fingerprint density at radius 1 is 1.20 bits per heavy atom.